The maximum absolute atomic E-state index is 11.7. The molecule has 1 aromatic carbocycles. The Hall–Kier alpha value is -2.02. The highest BCUT2D eigenvalue weighted by atomic mass is 16.3. The van der Waals surface area contributed by atoms with Crippen molar-refractivity contribution in [1.82, 2.24) is 19.8 Å². The van der Waals surface area contributed by atoms with Gasteiger partial charge in [0.25, 0.3) is 5.56 Å². The first-order chi connectivity index (χ1) is 12.0. The number of aliphatic hydroxyl groups is 1. The van der Waals surface area contributed by atoms with Crippen LogP contribution in [0.25, 0.3) is 0 Å². The molecular weight excluding hydrogens is 316 g/mol. The van der Waals surface area contributed by atoms with Crippen LogP contribution in [0.4, 0.5) is 0 Å². The van der Waals surface area contributed by atoms with Gasteiger partial charge in [-0.25, -0.2) is 4.98 Å². The molecule has 1 aliphatic heterocycles. The van der Waals surface area contributed by atoms with Gasteiger partial charge in [-0.1, -0.05) is 30.3 Å². The van der Waals surface area contributed by atoms with Gasteiger partial charge in [-0.15, -0.1) is 0 Å². The van der Waals surface area contributed by atoms with Crippen molar-refractivity contribution in [3.05, 3.63) is 63.8 Å². The molecule has 2 atom stereocenters. The van der Waals surface area contributed by atoms with Gasteiger partial charge in [0.1, 0.15) is 5.82 Å². The maximum atomic E-state index is 11.7. The molecular formula is C19H26N4O2. The Kier molecular flexibility index (Phi) is 5.63. The molecule has 1 aliphatic rings. The number of piperazine rings is 1. The van der Waals surface area contributed by atoms with Gasteiger partial charge in [-0.2, -0.15) is 0 Å². The van der Waals surface area contributed by atoms with Gasteiger partial charge >= 0.3 is 0 Å². The Labute approximate surface area is 148 Å². The number of benzene rings is 1. The van der Waals surface area contributed by atoms with Gasteiger partial charge in [-0.05, 0) is 19.4 Å². The van der Waals surface area contributed by atoms with Crippen molar-refractivity contribution < 1.29 is 5.11 Å². The fourth-order valence-corrected chi connectivity index (χ4v) is 3.33. The van der Waals surface area contributed by atoms with Gasteiger partial charge in [0.2, 0.25) is 0 Å². The lowest BCUT2D eigenvalue weighted by Gasteiger charge is -2.38. The number of β-amino-alcohol motifs (C(OH)–C–C–N with tert-alkyl or cyclic N) is 1. The van der Waals surface area contributed by atoms with Gasteiger partial charge in [0, 0.05) is 44.5 Å². The lowest BCUT2D eigenvalue weighted by atomic mass is 10.1. The van der Waals surface area contributed by atoms with Crippen LogP contribution in [-0.2, 0) is 0 Å². The van der Waals surface area contributed by atoms with Crippen LogP contribution in [0.3, 0.4) is 0 Å². The zero-order valence-corrected chi connectivity index (χ0v) is 14.9. The summed E-state index contributed by atoms with van der Waals surface area (Å²) in [5, 5.41) is 10.4. The number of rotatable bonds is 5. The van der Waals surface area contributed by atoms with Crippen LogP contribution in [0.15, 0.2) is 41.2 Å². The Balaban J connectivity index is 1.55. The summed E-state index contributed by atoms with van der Waals surface area (Å²) in [6, 6.07) is 11.4. The first kappa shape index (κ1) is 17.8. The molecule has 1 aromatic heterocycles. The number of H-pyrrole nitrogens is 1. The van der Waals surface area contributed by atoms with Crippen LogP contribution in [-0.4, -0.2) is 57.6 Å². The molecule has 1 fully saturated rings. The number of aliphatic hydroxyl groups excluding tert-OH is 1. The van der Waals surface area contributed by atoms with E-state index >= 15 is 0 Å². The molecule has 0 saturated carbocycles. The molecule has 2 aromatic rings. The summed E-state index contributed by atoms with van der Waals surface area (Å²) in [6.07, 6.45) is -0.458. The third-order valence-electron chi connectivity index (χ3n) is 4.85. The minimum absolute atomic E-state index is 0.0776. The molecule has 0 aliphatic carbocycles. The molecule has 6 heteroatoms. The minimum atomic E-state index is -0.458. The zero-order chi connectivity index (χ0) is 17.8. The first-order valence-corrected chi connectivity index (χ1v) is 8.80. The fraction of sp³-hybridized carbons (Fsp3) is 0.474. The van der Waals surface area contributed by atoms with Gasteiger partial charge in [-0.3, -0.25) is 14.6 Å². The number of hydrogen-bond acceptors (Lipinski definition) is 5. The highest BCUT2D eigenvalue weighted by molar-refractivity contribution is 5.17. The lowest BCUT2D eigenvalue weighted by molar-refractivity contribution is 0.0573. The van der Waals surface area contributed by atoms with Crippen LogP contribution < -0.4 is 5.56 Å². The van der Waals surface area contributed by atoms with E-state index in [2.05, 4.69) is 26.7 Å². The van der Waals surface area contributed by atoms with Crippen molar-refractivity contribution in [3.8, 4) is 0 Å². The van der Waals surface area contributed by atoms with Crippen LogP contribution in [0.1, 0.15) is 36.2 Å². The van der Waals surface area contributed by atoms with Crippen molar-refractivity contribution in [2.24, 2.45) is 0 Å². The van der Waals surface area contributed by atoms with Crippen LogP contribution >= 0.6 is 0 Å². The van der Waals surface area contributed by atoms with E-state index in [0.717, 1.165) is 43.3 Å². The zero-order valence-electron chi connectivity index (χ0n) is 14.9. The Bertz CT molecular complexity index is 739. The summed E-state index contributed by atoms with van der Waals surface area (Å²) in [7, 11) is 0. The number of hydrogen-bond donors (Lipinski definition) is 2. The fourth-order valence-electron chi connectivity index (χ4n) is 3.33. The number of nitrogens with zero attached hydrogens (tertiary/aromatic N) is 3. The SMILES string of the molecule is Cc1cc(=O)[nH]c([C@H](C)N2CCN(C[C@H](O)c3ccccc3)CC2)n1. The summed E-state index contributed by atoms with van der Waals surface area (Å²) >= 11 is 0. The third kappa shape index (κ3) is 4.54. The molecule has 2 N–H and O–H groups in total. The number of nitrogens with one attached hydrogen (secondary N) is 1. The molecule has 0 amide bonds. The van der Waals surface area contributed by atoms with Gasteiger partial charge in [0.05, 0.1) is 12.1 Å². The van der Waals surface area contributed by atoms with E-state index in [0.29, 0.717) is 6.54 Å². The van der Waals surface area contributed by atoms with Crippen LogP contribution in [0.5, 0.6) is 0 Å². The molecule has 0 unspecified atom stereocenters. The standard InChI is InChI=1S/C19H26N4O2/c1-14-12-18(25)21-19(20-14)15(2)23-10-8-22(9-11-23)13-17(24)16-6-4-3-5-7-16/h3-7,12,15,17,24H,8-11,13H2,1-2H3,(H,20,21,25)/t15-,17-/m0/s1. The molecule has 0 bridgehead atoms. The average Bonchev–Trinajstić information content (AvgIpc) is 2.61. The van der Waals surface area contributed by atoms with E-state index in [1.807, 2.05) is 37.3 Å². The molecule has 0 spiro atoms. The summed E-state index contributed by atoms with van der Waals surface area (Å²) < 4.78 is 0. The molecule has 0 radical (unpaired) electrons. The first-order valence-electron chi connectivity index (χ1n) is 8.80. The van der Waals surface area contributed by atoms with Crippen molar-refractivity contribution in [2.45, 2.75) is 26.0 Å². The Morgan fingerprint density at radius 3 is 2.52 bits per heavy atom. The molecule has 2 heterocycles. The second kappa shape index (κ2) is 7.91. The van der Waals surface area contributed by atoms with Crippen molar-refractivity contribution in [3.63, 3.8) is 0 Å². The van der Waals surface area contributed by atoms with Gasteiger partial charge in [0.15, 0.2) is 0 Å². The topological polar surface area (TPSA) is 72.5 Å². The predicted octanol–water partition coefficient (Wildman–Crippen LogP) is 1.49. The quantitative estimate of drug-likeness (QED) is 0.861. The molecule has 25 heavy (non-hydrogen) atoms. The highest BCUT2D eigenvalue weighted by Gasteiger charge is 2.24. The average molecular weight is 342 g/mol. The predicted molar refractivity (Wildman–Crippen MR) is 97.4 cm³/mol. The largest absolute Gasteiger partial charge is 0.387 e. The number of aryl methyl sites for hydroxylation is 1. The Morgan fingerprint density at radius 2 is 1.88 bits per heavy atom. The van der Waals surface area contributed by atoms with Crippen molar-refractivity contribution >= 4 is 0 Å². The number of aromatic nitrogens is 2. The minimum Gasteiger partial charge on any atom is -0.387 e. The van der Waals surface area contributed by atoms with E-state index in [4.69, 9.17) is 0 Å². The molecule has 3 rings (SSSR count). The molecule has 1 saturated heterocycles. The summed E-state index contributed by atoms with van der Waals surface area (Å²) in [6.45, 7) is 8.13. The van der Waals surface area contributed by atoms with E-state index < -0.39 is 6.10 Å². The summed E-state index contributed by atoms with van der Waals surface area (Å²) in [5.41, 5.74) is 1.61. The highest BCUT2D eigenvalue weighted by Crippen LogP contribution is 2.20. The number of aromatic amines is 1. The van der Waals surface area contributed by atoms with E-state index in [9.17, 15) is 9.90 Å². The smallest absolute Gasteiger partial charge is 0.251 e. The van der Waals surface area contributed by atoms with E-state index in [1.165, 1.54) is 6.07 Å². The second-order valence-corrected chi connectivity index (χ2v) is 6.71. The summed E-state index contributed by atoms with van der Waals surface area (Å²) in [5.74, 6) is 0.725. The Morgan fingerprint density at radius 1 is 1.20 bits per heavy atom. The molecule has 6 nitrogen and oxygen atoms in total. The third-order valence-corrected chi connectivity index (χ3v) is 4.85. The van der Waals surface area contributed by atoms with Crippen molar-refractivity contribution in [2.75, 3.05) is 32.7 Å². The van der Waals surface area contributed by atoms with Crippen LogP contribution in [0.2, 0.25) is 0 Å². The van der Waals surface area contributed by atoms with Crippen molar-refractivity contribution in [1.29, 1.82) is 0 Å². The monoisotopic (exact) mass is 342 g/mol. The van der Waals surface area contributed by atoms with E-state index in [1.54, 1.807) is 0 Å². The van der Waals surface area contributed by atoms with Gasteiger partial charge < -0.3 is 10.1 Å². The van der Waals surface area contributed by atoms with E-state index in [-0.39, 0.29) is 11.6 Å². The maximum Gasteiger partial charge on any atom is 0.251 e. The second-order valence-electron chi connectivity index (χ2n) is 6.71. The summed E-state index contributed by atoms with van der Waals surface area (Å²) in [4.78, 5) is 23.6. The molecule has 134 valence electrons. The normalized spacial score (nSPS) is 18.8. The van der Waals surface area contributed by atoms with Crippen LogP contribution in [0, 0.1) is 6.92 Å². The lowest BCUT2D eigenvalue weighted by Crippen LogP contribution is -2.48.